The topological polar surface area (TPSA) is 47.8 Å². The van der Waals surface area contributed by atoms with Gasteiger partial charge in [0, 0.05) is 5.56 Å². The largest absolute Gasteiger partial charge is 0.286 e. The molecule has 1 aromatic heterocycles. The first-order chi connectivity index (χ1) is 9.11. The molecule has 0 amide bonds. The fourth-order valence-corrected chi connectivity index (χ4v) is 1.79. The van der Waals surface area contributed by atoms with E-state index < -0.39 is 0 Å². The van der Waals surface area contributed by atoms with Gasteiger partial charge in [0.25, 0.3) is 5.56 Å². The van der Waals surface area contributed by atoms with Gasteiger partial charge in [0.15, 0.2) is 5.82 Å². The first kappa shape index (κ1) is 13.4. The van der Waals surface area contributed by atoms with E-state index in [1.54, 1.807) is 19.1 Å². The molecule has 19 heavy (non-hydrogen) atoms. The van der Waals surface area contributed by atoms with E-state index >= 15 is 0 Å². The summed E-state index contributed by atoms with van der Waals surface area (Å²) in [6, 6.07) is 4.42. The Bertz CT molecular complexity index is 731. The summed E-state index contributed by atoms with van der Waals surface area (Å²) in [6.45, 7) is 1.89. The van der Waals surface area contributed by atoms with Gasteiger partial charge in [-0.1, -0.05) is 5.92 Å². The van der Waals surface area contributed by atoms with Gasteiger partial charge < -0.3 is 0 Å². The molecule has 0 fully saturated rings. The zero-order valence-corrected chi connectivity index (χ0v) is 11.6. The number of rotatable bonds is 2. The average Bonchev–Trinajstić information content (AvgIpc) is 2.41. The first-order valence-electron chi connectivity index (χ1n) is 5.41. The van der Waals surface area contributed by atoms with Gasteiger partial charge in [0.05, 0.1) is 10.7 Å². The van der Waals surface area contributed by atoms with Gasteiger partial charge in [-0.25, -0.2) is 14.1 Å². The number of hydrogen-bond acceptors (Lipinski definition) is 3. The van der Waals surface area contributed by atoms with Gasteiger partial charge in [-0.3, -0.25) is 4.79 Å². The summed E-state index contributed by atoms with van der Waals surface area (Å²) < 4.78 is 14.7. The lowest BCUT2D eigenvalue weighted by molar-refractivity contribution is 0.621. The molecule has 96 valence electrons. The van der Waals surface area contributed by atoms with E-state index in [1.807, 2.05) is 0 Å². The summed E-state index contributed by atoms with van der Waals surface area (Å²) in [7, 11) is 0. The quantitative estimate of drug-likeness (QED) is 0.797. The Kier molecular flexibility index (Phi) is 4.07. The van der Waals surface area contributed by atoms with Crippen molar-refractivity contribution in [2.75, 3.05) is 0 Å². The second kappa shape index (κ2) is 5.76. The van der Waals surface area contributed by atoms with Crippen LogP contribution in [-0.2, 0) is 6.54 Å². The fraction of sp³-hybridized carbons (Fsp3) is 0.154. The standard InChI is InChI=1S/C13H9BrFN3O/c1-2-3-6-18-12(19)8-16-13(17-18)9-4-5-11(15)10(14)7-9/h4-5,7-8H,6H2,1H3. The first-order valence-corrected chi connectivity index (χ1v) is 6.20. The summed E-state index contributed by atoms with van der Waals surface area (Å²) in [6.07, 6.45) is 1.18. The van der Waals surface area contributed by atoms with E-state index in [-0.39, 0.29) is 17.9 Å². The molecule has 0 spiro atoms. The molecule has 0 saturated carbocycles. The van der Waals surface area contributed by atoms with Crippen LogP contribution in [0.5, 0.6) is 0 Å². The molecule has 0 N–H and O–H groups in total. The molecule has 0 aliphatic heterocycles. The van der Waals surface area contributed by atoms with Crippen LogP contribution in [0.2, 0.25) is 0 Å². The zero-order valence-electron chi connectivity index (χ0n) is 10.0. The molecule has 0 aliphatic carbocycles. The number of nitrogens with zero attached hydrogens (tertiary/aromatic N) is 3. The summed E-state index contributed by atoms with van der Waals surface area (Å²) in [5, 5.41) is 4.10. The molecular weight excluding hydrogens is 313 g/mol. The normalized spacial score (nSPS) is 9.84. The maximum absolute atomic E-state index is 13.2. The summed E-state index contributed by atoms with van der Waals surface area (Å²) in [5.74, 6) is 5.43. The lowest BCUT2D eigenvalue weighted by atomic mass is 10.2. The van der Waals surface area contributed by atoms with Crippen molar-refractivity contribution in [2.45, 2.75) is 13.5 Å². The van der Waals surface area contributed by atoms with Crippen molar-refractivity contribution >= 4 is 15.9 Å². The van der Waals surface area contributed by atoms with Gasteiger partial charge in [-0.15, -0.1) is 11.0 Å². The van der Waals surface area contributed by atoms with Crippen molar-refractivity contribution in [3.63, 3.8) is 0 Å². The van der Waals surface area contributed by atoms with Gasteiger partial charge in [0.1, 0.15) is 12.4 Å². The monoisotopic (exact) mass is 321 g/mol. The third-order valence-corrected chi connectivity index (χ3v) is 2.96. The highest BCUT2D eigenvalue weighted by Gasteiger charge is 2.07. The predicted molar refractivity (Wildman–Crippen MR) is 72.8 cm³/mol. The number of benzene rings is 1. The van der Waals surface area contributed by atoms with E-state index in [0.717, 1.165) is 0 Å². The minimum absolute atomic E-state index is 0.202. The Morgan fingerprint density at radius 3 is 2.95 bits per heavy atom. The lowest BCUT2D eigenvalue weighted by Crippen LogP contribution is -2.23. The summed E-state index contributed by atoms with van der Waals surface area (Å²) in [4.78, 5) is 15.5. The molecule has 0 unspecified atom stereocenters. The van der Waals surface area contributed by atoms with Gasteiger partial charge in [-0.05, 0) is 41.1 Å². The van der Waals surface area contributed by atoms with E-state index in [4.69, 9.17) is 0 Å². The Hall–Kier alpha value is -2.00. The Morgan fingerprint density at radius 1 is 1.47 bits per heavy atom. The molecular formula is C13H9BrFN3O. The van der Waals surface area contributed by atoms with Crippen molar-refractivity contribution in [3.05, 3.63) is 45.0 Å². The molecule has 0 bridgehead atoms. The van der Waals surface area contributed by atoms with E-state index in [0.29, 0.717) is 15.9 Å². The maximum atomic E-state index is 13.2. The molecule has 6 heteroatoms. The summed E-state index contributed by atoms with van der Waals surface area (Å²) in [5.41, 5.74) is 0.291. The third-order valence-electron chi connectivity index (χ3n) is 2.35. The van der Waals surface area contributed by atoms with Gasteiger partial charge in [0.2, 0.25) is 0 Å². The van der Waals surface area contributed by atoms with E-state index in [1.165, 1.54) is 16.9 Å². The molecule has 0 aliphatic rings. The SMILES string of the molecule is CC#CCn1nc(-c2ccc(F)c(Br)c2)ncc1=O. The zero-order chi connectivity index (χ0) is 13.8. The minimum atomic E-state index is -0.367. The summed E-state index contributed by atoms with van der Waals surface area (Å²) >= 11 is 3.10. The Labute approximate surface area is 117 Å². The van der Waals surface area contributed by atoms with Crippen molar-refractivity contribution in [1.82, 2.24) is 14.8 Å². The third kappa shape index (κ3) is 3.06. The molecule has 1 heterocycles. The highest BCUT2D eigenvalue weighted by molar-refractivity contribution is 9.10. The van der Waals surface area contributed by atoms with Crippen LogP contribution in [0, 0.1) is 17.7 Å². The van der Waals surface area contributed by atoms with Crippen LogP contribution in [0.3, 0.4) is 0 Å². The smallest absolute Gasteiger partial charge is 0.266 e. The van der Waals surface area contributed by atoms with Crippen LogP contribution < -0.4 is 5.56 Å². The Balaban J connectivity index is 2.46. The second-order valence-corrected chi connectivity index (χ2v) is 4.49. The lowest BCUT2D eigenvalue weighted by Gasteiger charge is -2.04. The molecule has 4 nitrogen and oxygen atoms in total. The van der Waals surface area contributed by atoms with E-state index in [2.05, 4.69) is 37.9 Å². The highest BCUT2D eigenvalue weighted by Crippen LogP contribution is 2.21. The van der Waals surface area contributed by atoms with Crippen LogP contribution in [-0.4, -0.2) is 14.8 Å². The van der Waals surface area contributed by atoms with Crippen molar-refractivity contribution in [3.8, 4) is 23.2 Å². The van der Waals surface area contributed by atoms with Crippen molar-refractivity contribution < 1.29 is 4.39 Å². The predicted octanol–water partition coefficient (Wildman–Crippen LogP) is 2.23. The van der Waals surface area contributed by atoms with Crippen LogP contribution in [0.4, 0.5) is 4.39 Å². The fourth-order valence-electron chi connectivity index (χ4n) is 1.41. The van der Waals surface area contributed by atoms with E-state index in [9.17, 15) is 9.18 Å². The number of hydrogen-bond donors (Lipinski definition) is 0. The molecule has 1 aromatic carbocycles. The molecule has 2 rings (SSSR count). The second-order valence-electron chi connectivity index (χ2n) is 3.63. The molecule has 0 radical (unpaired) electrons. The van der Waals surface area contributed by atoms with Crippen LogP contribution in [0.25, 0.3) is 11.4 Å². The minimum Gasteiger partial charge on any atom is -0.266 e. The Morgan fingerprint density at radius 2 is 2.26 bits per heavy atom. The molecule has 0 atom stereocenters. The average molecular weight is 322 g/mol. The van der Waals surface area contributed by atoms with Gasteiger partial charge in [-0.2, -0.15) is 0 Å². The van der Waals surface area contributed by atoms with Crippen LogP contribution in [0.1, 0.15) is 6.92 Å². The highest BCUT2D eigenvalue weighted by atomic mass is 79.9. The molecule has 2 aromatic rings. The van der Waals surface area contributed by atoms with Gasteiger partial charge >= 0.3 is 0 Å². The number of halogens is 2. The number of aromatic nitrogens is 3. The van der Waals surface area contributed by atoms with Crippen molar-refractivity contribution in [2.24, 2.45) is 0 Å². The van der Waals surface area contributed by atoms with Crippen LogP contribution in [0.15, 0.2) is 33.7 Å². The maximum Gasteiger partial charge on any atom is 0.286 e. The van der Waals surface area contributed by atoms with Crippen LogP contribution >= 0.6 is 15.9 Å². The molecule has 0 saturated heterocycles. The van der Waals surface area contributed by atoms with Crippen molar-refractivity contribution in [1.29, 1.82) is 0 Å².